The fraction of sp³-hybridized carbons (Fsp3) is 0. The van der Waals surface area contributed by atoms with E-state index in [2.05, 4.69) is 10.1 Å². The average Bonchev–Trinajstić information content (AvgIpc) is 3.18. The van der Waals surface area contributed by atoms with Crippen LogP contribution in [0.15, 0.2) is 46.6 Å². The summed E-state index contributed by atoms with van der Waals surface area (Å²) in [5.41, 5.74) is 0.725. The zero-order valence-corrected chi connectivity index (χ0v) is 13.5. The first-order valence-corrected chi connectivity index (χ1v) is 8.49. The number of hydrogen-bond acceptors (Lipinski definition) is 5. The van der Waals surface area contributed by atoms with Crippen molar-refractivity contribution in [1.82, 2.24) is 14.6 Å². The minimum atomic E-state index is -0.157. The number of benzene rings is 1. The second-order valence-corrected chi connectivity index (χ2v) is 6.97. The molecule has 0 bridgehead atoms. The van der Waals surface area contributed by atoms with E-state index < -0.39 is 0 Å². The molecule has 0 unspecified atom stereocenters. The Morgan fingerprint density at radius 3 is 2.86 bits per heavy atom. The van der Waals surface area contributed by atoms with Crippen molar-refractivity contribution in [1.29, 1.82) is 0 Å². The summed E-state index contributed by atoms with van der Waals surface area (Å²) < 4.78 is 1.95. The van der Waals surface area contributed by atoms with E-state index in [4.69, 9.17) is 11.6 Å². The van der Waals surface area contributed by atoms with Crippen LogP contribution in [0.25, 0.3) is 21.7 Å². The number of thiophene rings is 1. The minimum Gasteiger partial charge on any atom is -0.266 e. The molecule has 0 atom stereocenters. The summed E-state index contributed by atoms with van der Waals surface area (Å²) >= 11 is 8.84. The smallest absolute Gasteiger partial charge is 0.266 e. The molecular weight excluding hydrogens is 338 g/mol. The van der Waals surface area contributed by atoms with Crippen LogP contribution in [0.4, 0.5) is 0 Å². The summed E-state index contributed by atoms with van der Waals surface area (Å²) in [7, 11) is 0. The second-order valence-electron chi connectivity index (χ2n) is 4.58. The lowest BCUT2D eigenvalue weighted by atomic mass is 10.2. The fourth-order valence-corrected chi connectivity index (χ4v) is 3.85. The van der Waals surface area contributed by atoms with Gasteiger partial charge in [0.15, 0.2) is 5.82 Å². The molecule has 0 aliphatic carbocycles. The third kappa shape index (κ3) is 2.35. The normalized spacial score (nSPS) is 12.3. The Morgan fingerprint density at radius 1 is 1.23 bits per heavy atom. The van der Waals surface area contributed by atoms with Crippen LogP contribution >= 0.6 is 34.3 Å². The molecule has 0 radical (unpaired) electrons. The zero-order chi connectivity index (χ0) is 15.1. The van der Waals surface area contributed by atoms with Crippen molar-refractivity contribution in [2.75, 3.05) is 0 Å². The Labute approximate surface area is 137 Å². The van der Waals surface area contributed by atoms with Crippen molar-refractivity contribution in [2.24, 2.45) is 0 Å². The van der Waals surface area contributed by atoms with Crippen LogP contribution in [0.5, 0.6) is 0 Å². The molecule has 1 aromatic carbocycles. The van der Waals surface area contributed by atoms with Crippen molar-refractivity contribution < 1.29 is 0 Å². The molecule has 4 aromatic rings. The predicted octanol–water partition coefficient (Wildman–Crippen LogP) is 3.08. The van der Waals surface area contributed by atoms with Gasteiger partial charge in [-0.2, -0.15) is 9.50 Å². The first-order chi connectivity index (χ1) is 10.7. The maximum Gasteiger partial charge on any atom is 0.291 e. The van der Waals surface area contributed by atoms with Crippen LogP contribution in [0, 0.1) is 0 Å². The SMILES string of the molecule is O=c1c(=Cc2cccc(Cl)c2)sc2nc(-c3cccs3)nn12. The van der Waals surface area contributed by atoms with Gasteiger partial charge in [0, 0.05) is 5.02 Å². The van der Waals surface area contributed by atoms with E-state index in [9.17, 15) is 4.79 Å². The Kier molecular flexibility index (Phi) is 3.29. The number of halogens is 1. The Bertz CT molecular complexity index is 1070. The molecule has 7 heteroatoms. The van der Waals surface area contributed by atoms with Gasteiger partial charge in [-0.3, -0.25) is 4.79 Å². The van der Waals surface area contributed by atoms with E-state index >= 15 is 0 Å². The van der Waals surface area contributed by atoms with E-state index in [1.54, 1.807) is 23.5 Å². The molecule has 3 heterocycles. The summed E-state index contributed by atoms with van der Waals surface area (Å²) in [6.07, 6.45) is 1.81. The molecule has 22 heavy (non-hydrogen) atoms. The van der Waals surface area contributed by atoms with Crippen molar-refractivity contribution in [2.45, 2.75) is 0 Å². The summed E-state index contributed by atoms with van der Waals surface area (Å²) in [5, 5.41) is 6.90. The molecule has 0 N–H and O–H groups in total. The molecule has 0 aliphatic rings. The summed E-state index contributed by atoms with van der Waals surface area (Å²) in [6.45, 7) is 0. The molecule has 0 saturated heterocycles. The van der Waals surface area contributed by atoms with Crippen LogP contribution in [-0.2, 0) is 0 Å². The number of thiazole rings is 1. The quantitative estimate of drug-likeness (QED) is 0.561. The average molecular weight is 346 g/mol. The van der Waals surface area contributed by atoms with Crippen molar-refractivity contribution in [3.8, 4) is 10.7 Å². The topological polar surface area (TPSA) is 47.3 Å². The first kappa shape index (κ1) is 13.6. The monoisotopic (exact) mass is 345 g/mol. The van der Waals surface area contributed by atoms with Gasteiger partial charge in [0.2, 0.25) is 4.96 Å². The summed E-state index contributed by atoms with van der Waals surface area (Å²) in [6, 6.07) is 11.2. The number of rotatable bonds is 2. The second kappa shape index (κ2) is 5.31. The molecule has 4 rings (SSSR count). The maximum atomic E-state index is 12.4. The molecular formula is C15H8ClN3OS2. The van der Waals surface area contributed by atoms with E-state index in [0.29, 0.717) is 20.3 Å². The fourth-order valence-electron chi connectivity index (χ4n) is 2.09. The van der Waals surface area contributed by atoms with Gasteiger partial charge in [-0.25, -0.2) is 0 Å². The zero-order valence-electron chi connectivity index (χ0n) is 11.1. The van der Waals surface area contributed by atoms with Gasteiger partial charge in [0.25, 0.3) is 5.56 Å². The Hall–Kier alpha value is -2.02. The van der Waals surface area contributed by atoms with Gasteiger partial charge < -0.3 is 0 Å². The lowest BCUT2D eigenvalue weighted by Gasteiger charge is -1.91. The third-order valence-electron chi connectivity index (χ3n) is 3.07. The molecule has 108 valence electrons. The van der Waals surface area contributed by atoms with Crippen LogP contribution in [0.3, 0.4) is 0 Å². The maximum absolute atomic E-state index is 12.4. The van der Waals surface area contributed by atoms with E-state index in [1.165, 1.54) is 15.9 Å². The number of fused-ring (bicyclic) bond motifs is 1. The first-order valence-electron chi connectivity index (χ1n) is 6.41. The van der Waals surface area contributed by atoms with Crippen molar-refractivity contribution in [3.63, 3.8) is 0 Å². The van der Waals surface area contributed by atoms with Gasteiger partial charge in [-0.1, -0.05) is 41.1 Å². The van der Waals surface area contributed by atoms with E-state index in [1.807, 2.05) is 35.7 Å². The van der Waals surface area contributed by atoms with Gasteiger partial charge in [0.1, 0.15) is 0 Å². The number of hydrogen-bond donors (Lipinski definition) is 0. The summed E-state index contributed by atoms with van der Waals surface area (Å²) in [5.74, 6) is 0.590. The van der Waals surface area contributed by atoms with E-state index in [0.717, 1.165) is 10.4 Å². The van der Waals surface area contributed by atoms with Gasteiger partial charge in [-0.15, -0.1) is 16.4 Å². The van der Waals surface area contributed by atoms with Crippen molar-refractivity contribution >= 4 is 45.3 Å². The van der Waals surface area contributed by atoms with Gasteiger partial charge in [0.05, 0.1) is 9.41 Å². The minimum absolute atomic E-state index is 0.157. The molecule has 0 fully saturated rings. The highest BCUT2D eigenvalue weighted by atomic mass is 35.5. The van der Waals surface area contributed by atoms with Crippen LogP contribution in [0.2, 0.25) is 5.02 Å². The van der Waals surface area contributed by atoms with Gasteiger partial charge in [-0.05, 0) is 35.2 Å². The predicted molar refractivity (Wildman–Crippen MR) is 90.7 cm³/mol. The van der Waals surface area contributed by atoms with Gasteiger partial charge >= 0.3 is 0 Å². The molecule has 0 aliphatic heterocycles. The van der Waals surface area contributed by atoms with E-state index in [-0.39, 0.29) is 5.56 Å². The molecule has 0 saturated carbocycles. The lowest BCUT2D eigenvalue weighted by molar-refractivity contribution is 0.938. The number of nitrogens with zero attached hydrogens (tertiary/aromatic N) is 3. The Morgan fingerprint density at radius 2 is 2.14 bits per heavy atom. The largest absolute Gasteiger partial charge is 0.291 e. The highest BCUT2D eigenvalue weighted by Crippen LogP contribution is 2.21. The van der Waals surface area contributed by atoms with Crippen LogP contribution < -0.4 is 10.1 Å². The molecule has 3 aromatic heterocycles. The molecule has 4 nitrogen and oxygen atoms in total. The Balaban J connectivity index is 1.86. The molecule has 0 amide bonds. The lowest BCUT2D eigenvalue weighted by Crippen LogP contribution is -2.23. The highest BCUT2D eigenvalue weighted by Gasteiger charge is 2.12. The molecule has 0 spiro atoms. The third-order valence-corrected chi connectivity index (χ3v) is 5.13. The van der Waals surface area contributed by atoms with Crippen molar-refractivity contribution in [3.05, 3.63) is 67.3 Å². The highest BCUT2D eigenvalue weighted by molar-refractivity contribution is 7.15. The van der Waals surface area contributed by atoms with Crippen LogP contribution in [-0.4, -0.2) is 14.6 Å². The standard InChI is InChI=1S/C15H8ClN3OS2/c16-10-4-1-3-9(7-10)8-12-14(20)19-15(22-12)17-13(18-19)11-5-2-6-21-11/h1-8H. The summed E-state index contributed by atoms with van der Waals surface area (Å²) in [4.78, 5) is 18.4. The number of aromatic nitrogens is 3. The van der Waals surface area contributed by atoms with Crippen LogP contribution in [0.1, 0.15) is 5.56 Å².